The van der Waals surface area contributed by atoms with Crippen LogP contribution in [0.25, 0.3) is 16.8 Å². The van der Waals surface area contributed by atoms with Crippen molar-refractivity contribution in [3.05, 3.63) is 95.9 Å². The second-order valence-electron chi connectivity index (χ2n) is 8.74. The van der Waals surface area contributed by atoms with E-state index < -0.39 is 12.0 Å². The maximum absolute atomic E-state index is 13.9. The number of nitrogens with zero attached hydrogens (tertiary/aromatic N) is 2. The number of H-pyrrole nitrogens is 1. The Hall–Kier alpha value is -3.91. The molecular weight excluding hydrogens is 474 g/mol. The quantitative estimate of drug-likeness (QED) is 0.420. The molecule has 8 heteroatoms. The van der Waals surface area contributed by atoms with Crippen LogP contribution in [-0.2, 0) is 9.53 Å². The minimum atomic E-state index is -0.688. The summed E-state index contributed by atoms with van der Waals surface area (Å²) in [6.07, 6.45) is 1.88. The van der Waals surface area contributed by atoms with Crippen LogP contribution in [0.3, 0.4) is 0 Å². The van der Waals surface area contributed by atoms with Crippen molar-refractivity contribution in [3.8, 4) is 5.75 Å². The van der Waals surface area contributed by atoms with E-state index in [9.17, 15) is 9.59 Å². The number of benzene rings is 2. The normalized spacial score (nSPS) is 15.7. The second kappa shape index (κ2) is 9.28. The van der Waals surface area contributed by atoms with E-state index in [1.807, 2.05) is 62.4 Å². The van der Waals surface area contributed by atoms with Gasteiger partial charge in [-0.2, -0.15) is 0 Å². The number of nitrogens with one attached hydrogen (secondary N) is 1. The molecule has 5 rings (SSSR count). The summed E-state index contributed by atoms with van der Waals surface area (Å²) in [6, 6.07) is 12.9. The molecule has 36 heavy (non-hydrogen) atoms. The fourth-order valence-electron chi connectivity index (χ4n) is 4.83. The highest BCUT2D eigenvalue weighted by Gasteiger charge is 2.34. The largest absolute Gasteiger partial charge is 0.496 e. The van der Waals surface area contributed by atoms with Gasteiger partial charge in [0.15, 0.2) is 4.80 Å². The van der Waals surface area contributed by atoms with Crippen molar-refractivity contribution < 1.29 is 14.3 Å². The molecule has 0 aliphatic carbocycles. The molecule has 0 amide bonds. The number of thiazole rings is 1. The SMILES string of the molecule is CCOC(=O)C1=C(C)N=c2s/c(=C/c3cc(C)[nH]c3C)c(=O)n2C1c1ccc(OC)c2ccccc12. The molecule has 4 aromatic rings. The summed E-state index contributed by atoms with van der Waals surface area (Å²) in [4.78, 5) is 35.6. The molecule has 0 radical (unpaired) electrons. The average Bonchev–Trinajstić information content (AvgIpc) is 3.34. The summed E-state index contributed by atoms with van der Waals surface area (Å²) in [5.74, 6) is 0.244. The topological polar surface area (TPSA) is 85.7 Å². The standard InChI is InChI=1S/C28H27N3O4S/c1-6-35-27(33)24-17(4)30-28-31(26(32)23(36-28)14-18-13-15(2)29-16(18)3)25(24)21-11-12-22(34-5)20-10-8-7-9-19(20)21/h7-14,25,29H,6H2,1-5H3/b23-14+. The van der Waals surface area contributed by atoms with Gasteiger partial charge in [0.25, 0.3) is 5.56 Å². The summed E-state index contributed by atoms with van der Waals surface area (Å²) < 4.78 is 13.2. The minimum Gasteiger partial charge on any atom is -0.496 e. The Morgan fingerprint density at radius 3 is 2.58 bits per heavy atom. The highest BCUT2D eigenvalue weighted by molar-refractivity contribution is 7.07. The molecule has 2 aromatic heterocycles. The highest BCUT2D eigenvalue weighted by Crippen LogP contribution is 2.37. The number of carbonyl (C=O) groups excluding carboxylic acids is 1. The highest BCUT2D eigenvalue weighted by atomic mass is 32.1. The number of methoxy groups -OCH3 is 1. The number of aromatic nitrogens is 2. The zero-order valence-corrected chi connectivity index (χ0v) is 21.7. The van der Waals surface area contributed by atoms with E-state index in [0.717, 1.165) is 39.0 Å². The molecule has 0 fully saturated rings. The maximum Gasteiger partial charge on any atom is 0.338 e. The Morgan fingerprint density at radius 1 is 1.17 bits per heavy atom. The first kappa shape index (κ1) is 23.8. The summed E-state index contributed by atoms with van der Waals surface area (Å²) in [6.45, 7) is 7.74. The van der Waals surface area contributed by atoms with Gasteiger partial charge in [-0.25, -0.2) is 9.79 Å². The zero-order valence-electron chi connectivity index (χ0n) is 20.8. The Kier molecular flexibility index (Phi) is 6.14. The molecule has 1 unspecified atom stereocenters. The molecule has 0 spiro atoms. The fourth-order valence-corrected chi connectivity index (χ4v) is 5.87. The van der Waals surface area contributed by atoms with Crippen molar-refractivity contribution in [1.29, 1.82) is 0 Å². The predicted octanol–water partition coefficient (Wildman–Crippen LogP) is 3.91. The number of aromatic amines is 1. The molecule has 184 valence electrons. The van der Waals surface area contributed by atoms with Gasteiger partial charge in [-0.05, 0) is 62.4 Å². The van der Waals surface area contributed by atoms with Crippen LogP contribution in [0.15, 0.2) is 63.5 Å². The first-order chi connectivity index (χ1) is 17.3. The van der Waals surface area contributed by atoms with Gasteiger partial charge in [0.1, 0.15) is 5.75 Å². The molecule has 1 N–H and O–H groups in total. The summed E-state index contributed by atoms with van der Waals surface area (Å²) in [7, 11) is 1.63. The van der Waals surface area contributed by atoms with Gasteiger partial charge in [-0.3, -0.25) is 9.36 Å². The van der Waals surface area contributed by atoms with E-state index >= 15 is 0 Å². The number of esters is 1. The lowest BCUT2D eigenvalue weighted by Gasteiger charge is -2.26. The third-order valence-electron chi connectivity index (χ3n) is 6.43. The molecule has 7 nitrogen and oxygen atoms in total. The van der Waals surface area contributed by atoms with Gasteiger partial charge in [0.2, 0.25) is 0 Å². The number of hydrogen-bond donors (Lipinski definition) is 1. The number of hydrogen-bond acceptors (Lipinski definition) is 6. The van der Waals surface area contributed by atoms with E-state index in [4.69, 9.17) is 9.47 Å². The van der Waals surface area contributed by atoms with Crippen LogP contribution in [0.5, 0.6) is 5.75 Å². The third-order valence-corrected chi connectivity index (χ3v) is 7.41. The van der Waals surface area contributed by atoms with Crippen molar-refractivity contribution >= 4 is 34.2 Å². The lowest BCUT2D eigenvalue weighted by Crippen LogP contribution is -2.40. The van der Waals surface area contributed by atoms with Crippen molar-refractivity contribution in [2.45, 2.75) is 33.7 Å². The zero-order chi connectivity index (χ0) is 25.6. The number of rotatable bonds is 5. The van der Waals surface area contributed by atoms with E-state index in [0.29, 0.717) is 20.6 Å². The van der Waals surface area contributed by atoms with Gasteiger partial charge in [0, 0.05) is 16.8 Å². The van der Waals surface area contributed by atoms with Crippen LogP contribution in [0.1, 0.15) is 42.4 Å². The number of aryl methyl sites for hydroxylation is 2. The monoisotopic (exact) mass is 501 g/mol. The molecule has 3 heterocycles. The summed E-state index contributed by atoms with van der Waals surface area (Å²) >= 11 is 1.32. The number of allylic oxidation sites excluding steroid dienone is 1. The van der Waals surface area contributed by atoms with Crippen molar-refractivity contribution in [1.82, 2.24) is 9.55 Å². The van der Waals surface area contributed by atoms with Crippen molar-refractivity contribution in [2.24, 2.45) is 4.99 Å². The molecule has 0 saturated carbocycles. The van der Waals surface area contributed by atoms with E-state index in [1.165, 1.54) is 11.3 Å². The van der Waals surface area contributed by atoms with Crippen LogP contribution in [-0.4, -0.2) is 29.2 Å². The molecule has 1 aliphatic rings. The molecule has 0 saturated heterocycles. The molecule has 1 aliphatic heterocycles. The number of ether oxygens (including phenoxy) is 2. The Balaban J connectivity index is 1.83. The first-order valence-electron chi connectivity index (χ1n) is 11.8. The van der Waals surface area contributed by atoms with Gasteiger partial charge in [-0.15, -0.1) is 0 Å². The number of fused-ring (bicyclic) bond motifs is 2. The van der Waals surface area contributed by atoms with Gasteiger partial charge >= 0.3 is 5.97 Å². The minimum absolute atomic E-state index is 0.198. The van der Waals surface area contributed by atoms with E-state index in [-0.39, 0.29) is 12.2 Å². The Labute approximate surface area is 212 Å². The summed E-state index contributed by atoms with van der Waals surface area (Å²) in [5, 5.41) is 1.79. The molecule has 0 bridgehead atoms. The summed E-state index contributed by atoms with van der Waals surface area (Å²) in [5.41, 5.74) is 4.47. The maximum atomic E-state index is 13.9. The molecular formula is C28H27N3O4S. The molecule has 2 aromatic carbocycles. The van der Waals surface area contributed by atoms with Crippen molar-refractivity contribution in [2.75, 3.05) is 13.7 Å². The van der Waals surface area contributed by atoms with E-state index in [2.05, 4.69) is 9.98 Å². The van der Waals surface area contributed by atoms with Gasteiger partial charge in [-0.1, -0.05) is 41.7 Å². The van der Waals surface area contributed by atoms with Crippen LogP contribution in [0, 0.1) is 13.8 Å². The Morgan fingerprint density at radius 2 is 1.92 bits per heavy atom. The van der Waals surface area contributed by atoms with Crippen LogP contribution in [0.4, 0.5) is 0 Å². The second-order valence-corrected chi connectivity index (χ2v) is 9.75. The smallest absolute Gasteiger partial charge is 0.338 e. The van der Waals surface area contributed by atoms with Gasteiger partial charge in [0.05, 0.1) is 35.6 Å². The van der Waals surface area contributed by atoms with Crippen molar-refractivity contribution in [3.63, 3.8) is 0 Å². The van der Waals surface area contributed by atoms with Crippen LogP contribution >= 0.6 is 11.3 Å². The first-order valence-corrected chi connectivity index (χ1v) is 12.6. The Bertz CT molecular complexity index is 1720. The predicted molar refractivity (Wildman–Crippen MR) is 141 cm³/mol. The van der Waals surface area contributed by atoms with E-state index in [1.54, 1.807) is 25.5 Å². The van der Waals surface area contributed by atoms with Crippen LogP contribution in [0.2, 0.25) is 0 Å². The third kappa shape index (κ3) is 3.87. The average molecular weight is 502 g/mol. The fraction of sp³-hybridized carbons (Fsp3) is 0.250. The molecule has 1 atom stereocenters. The lowest BCUT2D eigenvalue weighted by molar-refractivity contribution is -0.139. The number of carbonyl (C=O) groups is 1. The van der Waals surface area contributed by atoms with Crippen LogP contribution < -0.4 is 19.6 Å². The lowest BCUT2D eigenvalue weighted by atomic mass is 9.91. The van der Waals surface area contributed by atoms with Gasteiger partial charge < -0.3 is 14.5 Å².